The second-order valence-corrected chi connectivity index (χ2v) is 3.68. The van der Waals surface area contributed by atoms with Crippen molar-refractivity contribution in [1.29, 1.82) is 0 Å². The molecule has 88 valence electrons. The third-order valence-corrected chi connectivity index (χ3v) is 1.97. The molecule has 0 aliphatic carbocycles. The molecule has 0 aromatic carbocycles. The highest BCUT2D eigenvalue weighted by Crippen LogP contribution is 2.09. The maximum atomic E-state index is 11.1. The van der Waals surface area contributed by atoms with Gasteiger partial charge in [-0.05, 0) is 27.7 Å². The van der Waals surface area contributed by atoms with Gasteiger partial charge < -0.3 is 14.9 Å². The summed E-state index contributed by atoms with van der Waals surface area (Å²) in [6.07, 6.45) is -4.17. The molecule has 4 atom stereocenters. The molecule has 2 N–H and O–H groups in total. The van der Waals surface area contributed by atoms with E-state index in [-0.39, 0.29) is 11.6 Å². The van der Waals surface area contributed by atoms with E-state index in [2.05, 4.69) is 0 Å². The highest BCUT2D eigenvalue weighted by Gasteiger charge is 2.29. The zero-order valence-electron chi connectivity index (χ0n) is 9.43. The minimum atomic E-state index is -1.08. The summed E-state index contributed by atoms with van der Waals surface area (Å²) < 4.78 is 5.10. The number of ether oxygens (including phenoxy) is 1. The maximum absolute atomic E-state index is 11.1. The van der Waals surface area contributed by atoms with Crippen molar-refractivity contribution in [1.82, 2.24) is 0 Å². The van der Waals surface area contributed by atoms with Gasteiger partial charge in [-0.25, -0.2) is 0 Å². The first-order valence-corrected chi connectivity index (χ1v) is 4.79. The molecule has 15 heavy (non-hydrogen) atoms. The van der Waals surface area contributed by atoms with Gasteiger partial charge in [0, 0.05) is 0 Å². The molecule has 0 spiro atoms. The fourth-order valence-electron chi connectivity index (χ4n) is 1.26. The van der Waals surface area contributed by atoms with E-state index in [0.717, 1.165) is 0 Å². The summed E-state index contributed by atoms with van der Waals surface area (Å²) in [6.45, 7) is 5.31. The molecule has 0 saturated carbocycles. The van der Waals surface area contributed by atoms with Crippen molar-refractivity contribution in [3.8, 4) is 0 Å². The molecule has 4 unspecified atom stereocenters. The quantitative estimate of drug-likeness (QED) is 0.638. The Morgan fingerprint density at radius 1 is 0.933 bits per heavy atom. The molecule has 0 aliphatic rings. The fourth-order valence-corrected chi connectivity index (χ4v) is 1.26. The first-order valence-electron chi connectivity index (χ1n) is 4.79. The third-order valence-electron chi connectivity index (χ3n) is 1.97. The standard InChI is InChI=1S/C10H18O5/c1-5(11)9(6(2)12)15-10(7(3)13)8(4)14/h5,7,9-11,13H,1-4H3. The number of carbonyl (C=O) groups excluding carboxylic acids is 2. The fraction of sp³-hybridized carbons (Fsp3) is 0.800. The number of hydrogen-bond acceptors (Lipinski definition) is 5. The van der Waals surface area contributed by atoms with Crippen molar-refractivity contribution in [2.75, 3.05) is 0 Å². The Hall–Kier alpha value is -0.780. The molecule has 0 amide bonds. The molecular weight excluding hydrogens is 200 g/mol. The average Bonchev–Trinajstić information content (AvgIpc) is 2.01. The smallest absolute Gasteiger partial charge is 0.161 e. The molecule has 0 rings (SSSR count). The Bertz CT molecular complexity index is 210. The molecule has 0 bridgehead atoms. The van der Waals surface area contributed by atoms with E-state index in [1.807, 2.05) is 0 Å². The number of ketones is 2. The Labute approximate surface area is 89.0 Å². The van der Waals surface area contributed by atoms with Gasteiger partial charge in [-0.15, -0.1) is 0 Å². The summed E-state index contributed by atoms with van der Waals surface area (Å²) in [4.78, 5) is 22.2. The van der Waals surface area contributed by atoms with Gasteiger partial charge in [0.1, 0.15) is 12.2 Å². The van der Waals surface area contributed by atoms with Crippen LogP contribution in [0.15, 0.2) is 0 Å². The average molecular weight is 218 g/mol. The van der Waals surface area contributed by atoms with Gasteiger partial charge in [-0.2, -0.15) is 0 Å². The Morgan fingerprint density at radius 2 is 1.20 bits per heavy atom. The number of aliphatic hydroxyl groups is 2. The first kappa shape index (κ1) is 14.2. The van der Waals surface area contributed by atoms with Gasteiger partial charge in [0.05, 0.1) is 12.2 Å². The van der Waals surface area contributed by atoms with E-state index in [4.69, 9.17) is 4.74 Å². The van der Waals surface area contributed by atoms with E-state index >= 15 is 0 Å². The van der Waals surface area contributed by atoms with Crippen LogP contribution in [-0.4, -0.2) is 46.2 Å². The van der Waals surface area contributed by atoms with Crippen LogP contribution in [0, 0.1) is 0 Å². The number of hydrogen-bond donors (Lipinski definition) is 2. The molecule has 0 aromatic heterocycles. The lowest BCUT2D eigenvalue weighted by molar-refractivity contribution is -0.157. The van der Waals surface area contributed by atoms with Crippen LogP contribution in [0.5, 0.6) is 0 Å². The van der Waals surface area contributed by atoms with Crippen LogP contribution in [0.2, 0.25) is 0 Å². The van der Waals surface area contributed by atoms with Crippen LogP contribution in [0.4, 0.5) is 0 Å². The number of aliphatic hydroxyl groups excluding tert-OH is 2. The molecule has 0 fully saturated rings. The zero-order chi connectivity index (χ0) is 12.2. The molecule has 0 aliphatic heterocycles. The van der Waals surface area contributed by atoms with Crippen LogP contribution >= 0.6 is 0 Å². The molecule has 5 nitrogen and oxygen atoms in total. The SMILES string of the molecule is CC(=O)C(OC(C(C)=O)C(C)O)C(C)O. The largest absolute Gasteiger partial charge is 0.390 e. The molecule has 0 radical (unpaired) electrons. The van der Waals surface area contributed by atoms with Crippen LogP contribution in [0.3, 0.4) is 0 Å². The Morgan fingerprint density at radius 3 is 1.33 bits per heavy atom. The van der Waals surface area contributed by atoms with Crippen molar-refractivity contribution in [3.05, 3.63) is 0 Å². The minimum absolute atomic E-state index is 0.378. The summed E-state index contributed by atoms with van der Waals surface area (Å²) in [5.74, 6) is -0.756. The van der Waals surface area contributed by atoms with E-state index in [9.17, 15) is 19.8 Å². The summed E-state index contributed by atoms with van der Waals surface area (Å²) in [5.41, 5.74) is 0. The number of carbonyl (C=O) groups is 2. The van der Waals surface area contributed by atoms with Crippen molar-refractivity contribution >= 4 is 11.6 Å². The van der Waals surface area contributed by atoms with Crippen molar-refractivity contribution in [2.24, 2.45) is 0 Å². The molecule has 0 aromatic rings. The van der Waals surface area contributed by atoms with Crippen molar-refractivity contribution < 1.29 is 24.5 Å². The van der Waals surface area contributed by atoms with E-state index in [0.29, 0.717) is 0 Å². The highest BCUT2D eigenvalue weighted by molar-refractivity contribution is 5.83. The highest BCUT2D eigenvalue weighted by atomic mass is 16.5. The normalized spacial score (nSPS) is 19.1. The van der Waals surface area contributed by atoms with Crippen molar-refractivity contribution in [2.45, 2.75) is 52.1 Å². The predicted octanol–water partition coefficient (Wildman–Crippen LogP) is -0.320. The van der Waals surface area contributed by atoms with E-state index < -0.39 is 24.4 Å². The summed E-state index contributed by atoms with van der Waals surface area (Å²) in [7, 11) is 0. The zero-order valence-corrected chi connectivity index (χ0v) is 9.43. The summed E-state index contributed by atoms with van der Waals surface area (Å²) in [6, 6.07) is 0. The summed E-state index contributed by atoms with van der Waals surface area (Å²) in [5, 5.41) is 18.5. The Balaban J connectivity index is 4.62. The van der Waals surface area contributed by atoms with Gasteiger partial charge in [0.15, 0.2) is 11.6 Å². The second-order valence-electron chi connectivity index (χ2n) is 3.68. The minimum Gasteiger partial charge on any atom is -0.390 e. The molecule has 0 heterocycles. The van der Waals surface area contributed by atoms with E-state index in [1.54, 1.807) is 0 Å². The number of Topliss-reactive ketones (excluding diaryl/α,β-unsaturated/α-hetero) is 2. The Kier molecular flexibility index (Phi) is 5.64. The lowest BCUT2D eigenvalue weighted by atomic mass is 10.1. The second kappa shape index (κ2) is 5.95. The van der Waals surface area contributed by atoms with Crippen LogP contribution in [0.1, 0.15) is 27.7 Å². The maximum Gasteiger partial charge on any atom is 0.161 e. The van der Waals surface area contributed by atoms with Crippen molar-refractivity contribution in [3.63, 3.8) is 0 Å². The molecule has 5 heteroatoms. The first-order chi connectivity index (χ1) is 6.77. The molecule has 0 saturated heterocycles. The third kappa shape index (κ3) is 4.51. The van der Waals surface area contributed by atoms with E-state index in [1.165, 1.54) is 27.7 Å². The van der Waals surface area contributed by atoms with Gasteiger partial charge >= 0.3 is 0 Å². The van der Waals surface area contributed by atoms with Crippen LogP contribution < -0.4 is 0 Å². The van der Waals surface area contributed by atoms with Gasteiger partial charge in [-0.3, -0.25) is 9.59 Å². The van der Waals surface area contributed by atoms with Gasteiger partial charge in [0.25, 0.3) is 0 Å². The van der Waals surface area contributed by atoms with Gasteiger partial charge in [0.2, 0.25) is 0 Å². The molecular formula is C10H18O5. The van der Waals surface area contributed by atoms with Gasteiger partial charge in [-0.1, -0.05) is 0 Å². The van der Waals surface area contributed by atoms with Crippen LogP contribution in [0.25, 0.3) is 0 Å². The monoisotopic (exact) mass is 218 g/mol. The lowest BCUT2D eigenvalue weighted by Gasteiger charge is -2.25. The lowest BCUT2D eigenvalue weighted by Crippen LogP contribution is -2.43. The number of rotatable bonds is 6. The summed E-state index contributed by atoms with van der Waals surface area (Å²) >= 11 is 0. The topological polar surface area (TPSA) is 83.8 Å². The van der Waals surface area contributed by atoms with Crippen LogP contribution in [-0.2, 0) is 14.3 Å². The predicted molar refractivity (Wildman–Crippen MR) is 53.4 cm³/mol.